The molecule has 2 aliphatic heterocycles. The van der Waals surface area contributed by atoms with Gasteiger partial charge in [-0.2, -0.15) is 13.2 Å². The molecule has 0 aliphatic carbocycles. The van der Waals surface area contributed by atoms with E-state index in [9.17, 15) is 18.0 Å². The highest BCUT2D eigenvalue weighted by Crippen LogP contribution is 2.40. The minimum Gasteiger partial charge on any atom is -0.467 e. The Morgan fingerprint density at radius 1 is 1.18 bits per heavy atom. The molecule has 0 N–H and O–H groups in total. The molecule has 1 atom stereocenters. The summed E-state index contributed by atoms with van der Waals surface area (Å²) in [4.78, 5) is 28.4. The highest BCUT2D eigenvalue weighted by atomic mass is 79.9. The molecule has 4 heterocycles. The molecule has 1 amide bonds. The van der Waals surface area contributed by atoms with Gasteiger partial charge in [0.2, 0.25) is 5.88 Å². The molecule has 0 spiro atoms. The van der Waals surface area contributed by atoms with Crippen molar-refractivity contribution in [2.24, 2.45) is 5.16 Å². The van der Waals surface area contributed by atoms with Gasteiger partial charge in [0.05, 0.1) is 30.8 Å². The molecule has 1 aromatic carbocycles. The number of hydrogen-bond acceptors (Lipinski definition) is 7. The summed E-state index contributed by atoms with van der Waals surface area (Å²) in [6.07, 6.45) is -2.41. The zero-order valence-electron chi connectivity index (χ0n) is 20.4. The third kappa shape index (κ3) is 6.51. The molecule has 5 rings (SSSR count). The monoisotopic (exact) mass is 696 g/mol. The van der Waals surface area contributed by atoms with Gasteiger partial charge in [-0.1, -0.05) is 40.0 Å². The minimum atomic E-state index is -4.52. The number of amides is 1. The van der Waals surface area contributed by atoms with Crippen LogP contribution in [0, 0.1) is 0 Å². The molecule has 7 nitrogen and oxygen atoms in total. The van der Waals surface area contributed by atoms with Crippen molar-refractivity contribution in [3.8, 4) is 5.88 Å². The van der Waals surface area contributed by atoms with E-state index >= 15 is 0 Å². The molecule has 3 aromatic rings. The molecule has 2 aromatic heterocycles. The molecule has 1 fully saturated rings. The van der Waals surface area contributed by atoms with E-state index in [2.05, 4.69) is 26.1 Å². The predicted molar refractivity (Wildman–Crippen MR) is 150 cm³/mol. The summed E-state index contributed by atoms with van der Waals surface area (Å²) < 4.78 is 43.9. The molecule has 0 saturated carbocycles. The maximum Gasteiger partial charge on any atom is 0.417 e. The van der Waals surface area contributed by atoms with E-state index in [0.29, 0.717) is 64.9 Å². The zero-order chi connectivity index (χ0) is 28.6. The Morgan fingerprint density at radius 2 is 1.88 bits per heavy atom. The third-order valence-corrected chi connectivity index (χ3v) is 8.94. The lowest BCUT2D eigenvalue weighted by molar-refractivity contribution is -0.138. The van der Waals surface area contributed by atoms with Crippen LogP contribution in [0.3, 0.4) is 0 Å². The van der Waals surface area contributed by atoms with Gasteiger partial charge < -0.3 is 14.5 Å². The van der Waals surface area contributed by atoms with Crippen molar-refractivity contribution >= 4 is 73.7 Å². The minimum absolute atomic E-state index is 0.0244. The summed E-state index contributed by atoms with van der Waals surface area (Å²) in [7, 11) is 0. The molecule has 2 aliphatic rings. The second-order valence-electron chi connectivity index (χ2n) is 9.14. The first kappa shape index (κ1) is 29.4. The van der Waals surface area contributed by atoms with Gasteiger partial charge in [-0.3, -0.25) is 4.79 Å². The van der Waals surface area contributed by atoms with Crippen LogP contribution in [0.1, 0.15) is 53.1 Å². The predicted octanol–water partition coefficient (Wildman–Crippen LogP) is 7.93. The first-order chi connectivity index (χ1) is 19.0. The number of thiazole rings is 1. The number of hydrogen-bond donors (Lipinski definition) is 0. The van der Waals surface area contributed by atoms with Crippen LogP contribution >= 0.6 is 62.1 Å². The number of rotatable bonds is 6. The first-order valence-electron chi connectivity index (χ1n) is 12.0. The smallest absolute Gasteiger partial charge is 0.417 e. The Bertz CT molecular complexity index is 1440. The number of alkyl halides is 3. The maximum atomic E-state index is 12.8. The molecule has 0 radical (unpaired) electrons. The number of ether oxygens (including phenoxy) is 1. The van der Waals surface area contributed by atoms with Crippen molar-refractivity contribution in [3.63, 3.8) is 0 Å². The van der Waals surface area contributed by atoms with Gasteiger partial charge in [0.15, 0.2) is 12.7 Å². The summed E-state index contributed by atoms with van der Waals surface area (Å²) >= 11 is 23.2. The van der Waals surface area contributed by atoms with Crippen molar-refractivity contribution in [2.45, 2.75) is 37.5 Å². The summed E-state index contributed by atoms with van der Waals surface area (Å²) in [6, 6.07) is 4.09. The largest absolute Gasteiger partial charge is 0.467 e. The van der Waals surface area contributed by atoms with Crippen LogP contribution in [0.5, 0.6) is 5.88 Å². The van der Waals surface area contributed by atoms with E-state index in [1.807, 2.05) is 5.38 Å². The number of pyridine rings is 1. The van der Waals surface area contributed by atoms with E-state index < -0.39 is 17.8 Å². The summed E-state index contributed by atoms with van der Waals surface area (Å²) in [5, 5.41) is 8.35. The molecular weight excluding hydrogens is 680 g/mol. The number of piperidine rings is 1. The van der Waals surface area contributed by atoms with Gasteiger partial charge in [0.1, 0.15) is 5.71 Å². The van der Waals surface area contributed by atoms with E-state index in [-0.39, 0.29) is 28.8 Å². The number of carbonyl (C=O) groups excluding carboxylic acids is 1. The lowest BCUT2D eigenvalue weighted by atomic mass is 9.97. The van der Waals surface area contributed by atoms with Crippen LogP contribution in [0.2, 0.25) is 15.1 Å². The zero-order valence-corrected chi connectivity index (χ0v) is 25.0. The van der Waals surface area contributed by atoms with Crippen LogP contribution in [0.4, 0.5) is 13.2 Å². The van der Waals surface area contributed by atoms with Crippen LogP contribution in [0.15, 0.2) is 39.4 Å². The number of aromatic nitrogens is 2. The average Bonchev–Trinajstić information content (AvgIpc) is 3.57. The number of nitrogens with zero attached hydrogens (tertiary/aromatic N) is 4. The van der Waals surface area contributed by atoms with Crippen molar-refractivity contribution in [1.82, 2.24) is 14.9 Å². The first-order valence-corrected chi connectivity index (χ1v) is 14.8. The quantitative estimate of drug-likeness (QED) is 0.262. The lowest BCUT2D eigenvalue weighted by Gasteiger charge is -2.31. The van der Waals surface area contributed by atoms with E-state index in [4.69, 9.17) is 49.4 Å². The van der Waals surface area contributed by atoms with Gasteiger partial charge >= 0.3 is 6.18 Å². The SMILES string of the molecule is O=C(COc1ncc(C(F)(F)F)cc1Br)N1CCC(c2nc(C3=NOC(c4c(Cl)cc(Cl)cc4Cl)C3)cs2)CC1. The standard InChI is InChI=1S/C25H19BrCl3F3N4O3S/c26-15-5-13(25(30,31)32)9-33-23(15)38-10-21(37)36-3-1-12(2-4-36)24-34-19(11-40-24)18-8-20(39-35-18)22-16(28)6-14(27)7-17(22)29/h5-7,9,11-12,20H,1-4,8,10H2. The summed E-state index contributed by atoms with van der Waals surface area (Å²) in [5.74, 6) is -0.170. The van der Waals surface area contributed by atoms with E-state index in [1.165, 1.54) is 11.3 Å². The third-order valence-electron chi connectivity index (χ3n) is 6.52. The molecular formula is C25H19BrCl3F3N4O3S. The Morgan fingerprint density at radius 3 is 2.52 bits per heavy atom. The highest BCUT2D eigenvalue weighted by Gasteiger charge is 2.33. The van der Waals surface area contributed by atoms with Gasteiger partial charge in [0.25, 0.3) is 5.91 Å². The van der Waals surface area contributed by atoms with Crippen LogP contribution in [-0.2, 0) is 15.8 Å². The molecule has 1 unspecified atom stereocenters. The molecule has 40 heavy (non-hydrogen) atoms. The van der Waals surface area contributed by atoms with Gasteiger partial charge in [-0.15, -0.1) is 11.3 Å². The van der Waals surface area contributed by atoms with Crippen molar-refractivity contribution in [2.75, 3.05) is 19.7 Å². The van der Waals surface area contributed by atoms with Crippen molar-refractivity contribution in [3.05, 3.63) is 71.1 Å². The Hall–Kier alpha value is -2.12. The fourth-order valence-electron chi connectivity index (χ4n) is 4.44. The van der Waals surface area contributed by atoms with Gasteiger partial charge in [-0.05, 0) is 47.0 Å². The number of oxime groups is 1. The number of benzene rings is 1. The Balaban J connectivity index is 1.13. The van der Waals surface area contributed by atoms with Crippen LogP contribution in [-0.4, -0.2) is 46.2 Å². The Kier molecular flexibility index (Phi) is 8.82. The second kappa shape index (κ2) is 12.0. The van der Waals surface area contributed by atoms with E-state index in [1.54, 1.807) is 17.0 Å². The van der Waals surface area contributed by atoms with Crippen molar-refractivity contribution in [1.29, 1.82) is 0 Å². The lowest BCUT2D eigenvalue weighted by Crippen LogP contribution is -2.40. The highest BCUT2D eigenvalue weighted by molar-refractivity contribution is 9.10. The summed E-state index contributed by atoms with van der Waals surface area (Å²) in [5.41, 5.74) is 1.14. The number of carbonyl (C=O) groups is 1. The van der Waals surface area contributed by atoms with Crippen LogP contribution in [0.25, 0.3) is 0 Å². The Labute approximate surface area is 254 Å². The van der Waals surface area contributed by atoms with Gasteiger partial charge in [-0.25, -0.2) is 9.97 Å². The summed E-state index contributed by atoms with van der Waals surface area (Å²) in [6.45, 7) is 0.678. The van der Waals surface area contributed by atoms with E-state index in [0.717, 1.165) is 16.8 Å². The second-order valence-corrected chi connectivity index (χ2v) is 12.1. The number of likely N-dealkylation sites (tertiary alicyclic amines) is 1. The van der Waals surface area contributed by atoms with Gasteiger partial charge in [0, 0.05) is 47.6 Å². The maximum absolute atomic E-state index is 12.8. The van der Waals surface area contributed by atoms with Crippen molar-refractivity contribution < 1.29 is 27.5 Å². The fourth-order valence-corrected chi connectivity index (χ4v) is 6.96. The fraction of sp³-hybridized carbons (Fsp3) is 0.360. The molecule has 212 valence electrons. The molecule has 15 heteroatoms. The molecule has 1 saturated heterocycles. The topological polar surface area (TPSA) is 76.9 Å². The normalized spacial score (nSPS) is 18.0. The number of halogens is 7. The van der Waals surface area contributed by atoms with Crippen LogP contribution < -0.4 is 4.74 Å². The average molecular weight is 699 g/mol. The molecule has 0 bridgehead atoms.